The van der Waals surface area contributed by atoms with Gasteiger partial charge in [0, 0.05) is 23.4 Å². The third kappa shape index (κ3) is 4.19. The summed E-state index contributed by atoms with van der Waals surface area (Å²) in [4.78, 5) is 24.2. The highest BCUT2D eigenvalue weighted by Crippen LogP contribution is 2.39. The summed E-state index contributed by atoms with van der Waals surface area (Å²) < 4.78 is 40.5. The largest absolute Gasteiger partial charge is 0.416 e. The number of hydrogen-bond donors (Lipinski definition) is 3. The number of fused-ring (bicyclic) bond motifs is 1. The summed E-state index contributed by atoms with van der Waals surface area (Å²) >= 11 is 0. The van der Waals surface area contributed by atoms with E-state index in [2.05, 4.69) is 22.3 Å². The number of para-hydroxylation sites is 1. The van der Waals surface area contributed by atoms with Gasteiger partial charge < -0.3 is 16.4 Å². The van der Waals surface area contributed by atoms with Gasteiger partial charge in [0.25, 0.3) is 5.91 Å². The number of nitrogens with two attached hydrogens (primary N) is 1. The number of anilines is 2. The van der Waals surface area contributed by atoms with E-state index in [-0.39, 0.29) is 23.2 Å². The van der Waals surface area contributed by atoms with Crippen LogP contribution in [-0.2, 0) is 11.0 Å². The minimum absolute atomic E-state index is 0.0899. The van der Waals surface area contributed by atoms with Crippen LogP contribution in [0, 0.1) is 0 Å². The van der Waals surface area contributed by atoms with Gasteiger partial charge in [-0.3, -0.25) is 9.59 Å². The molecule has 0 bridgehead atoms. The first-order valence-electron chi connectivity index (χ1n) is 10.1. The first-order chi connectivity index (χ1) is 15.7. The normalized spacial score (nSPS) is 15.3. The van der Waals surface area contributed by atoms with Crippen molar-refractivity contribution >= 4 is 23.3 Å². The van der Waals surface area contributed by atoms with Gasteiger partial charge in [-0.2, -0.15) is 18.3 Å². The fourth-order valence-corrected chi connectivity index (χ4v) is 3.90. The molecule has 1 aliphatic heterocycles. The average Bonchev–Trinajstić information content (AvgIpc) is 3.19. The molecule has 33 heavy (non-hydrogen) atoms. The number of halogens is 3. The summed E-state index contributed by atoms with van der Waals surface area (Å²) in [6.07, 6.45) is -2.74. The summed E-state index contributed by atoms with van der Waals surface area (Å²) in [7, 11) is 0. The van der Waals surface area contributed by atoms with E-state index in [9.17, 15) is 22.8 Å². The summed E-state index contributed by atoms with van der Waals surface area (Å²) in [6.45, 7) is 3.96. The Balaban J connectivity index is 1.82. The molecule has 4 N–H and O–H groups in total. The lowest BCUT2D eigenvalue weighted by Gasteiger charge is -2.28. The van der Waals surface area contributed by atoms with Gasteiger partial charge in [0.15, 0.2) is 0 Å². The fourth-order valence-electron chi connectivity index (χ4n) is 3.90. The highest BCUT2D eigenvalue weighted by molar-refractivity contribution is 6.04. The van der Waals surface area contributed by atoms with Crippen LogP contribution in [0.25, 0.3) is 11.3 Å². The van der Waals surface area contributed by atoms with Crippen molar-refractivity contribution in [1.29, 1.82) is 0 Å². The molecular formula is C23H20F3N5O2. The van der Waals surface area contributed by atoms with E-state index in [4.69, 9.17) is 5.73 Å². The highest BCUT2D eigenvalue weighted by Gasteiger charge is 2.33. The maximum absolute atomic E-state index is 13.0. The van der Waals surface area contributed by atoms with E-state index in [1.807, 2.05) is 12.1 Å². The average molecular weight is 455 g/mol. The van der Waals surface area contributed by atoms with Crippen LogP contribution < -0.4 is 16.4 Å². The van der Waals surface area contributed by atoms with Gasteiger partial charge in [-0.1, -0.05) is 36.9 Å². The molecule has 0 radical (unpaired) electrons. The molecule has 170 valence electrons. The van der Waals surface area contributed by atoms with Crippen LogP contribution in [0.2, 0.25) is 0 Å². The Kier molecular flexibility index (Phi) is 5.67. The SMILES string of the molecule is C=CC(=O)Nc1ccccc1C1CCNc2c(C(N)=O)c(-c3ccc(C(F)(F)F)cc3)nn21. The smallest absolute Gasteiger partial charge is 0.369 e. The summed E-state index contributed by atoms with van der Waals surface area (Å²) in [6, 6.07) is 11.2. The Morgan fingerprint density at radius 1 is 1.18 bits per heavy atom. The van der Waals surface area contributed by atoms with Crippen molar-refractivity contribution in [3.8, 4) is 11.3 Å². The third-order valence-electron chi connectivity index (χ3n) is 5.41. The molecule has 0 saturated heterocycles. The molecule has 2 heterocycles. The van der Waals surface area contributed by atoms with E-state index < -0.39 is 17.6 Å². The van der Waals surface area contributed by atoms with E-state index in [1.54, 1.807) is 16.8 Å². The van der Waals surface area contributed by atoms with E-state index in [0.717, 1.165) is 23.8 Å². The maximum atomic E-state index is 13.0. The molecule has 1 unspecified atom stereocenters. The van der Waals surface area contributed by atoms with Crippen molar-refractivity contribution in [3.05, 3.63) is 77.9 Å². The van der Waals surface area contributed by atoms with E-state index in [1.165, 1.54) is 12.1 Å². The number of rotatable bonds is 5. The van der Waals surface area contributed by atoms with Crippen LogP contribution in [0.3, 0.4) is 0 Å². The van der Waals surface area contributed by atoms with Crippen LogP contribution in [0.5, 0.6) is 0 Å². The quantitative estimate of drug-likeness (QED) is 0.502. The minimum Gasteiger partial charge on any atom is -0.369 e. The van der Waals surface area contributed by atoms with Crippen molar-refractivity contribution < 1.29 is 22.8 Å². The minimum atomic E-state index is -4.48. The number of aromatic nitrogens is 2. The molecule has 2 amide bonds. The fraction of sp³-hybridized carbons (Fsp3) is 0.174. The van der Waals surface area contributed by atoms with Gasteiger partial charge in [-0.05, 0) is 30.7 Å². The number of amides is 2. The predicted octanol–water partition coefficient (Wildman–Crippen LogP) is 4.20. The number of nitrogens with one attached hydrogen (secondary N) is 2. The molecule has 3 aromatic rings. The number of nitrogens with zero attached hydrogens (tertiary/aromatic N) is 2. The molecule has 1 atom stereocenters. The lowest BCUT2D eigenvalue weighted by atomic mass is 9.99. The number of hydrogen-bond acceptors (Lipinski definition) is 4. The molecule has 0 saturated carbocycles. The van der Waals surface area contributed by atoms with Gasteiger partial charge in [-0.15, -0.1) is 0 Å². The number of primary amides is 1. The molecule has 4 rings (SSSR count). The summed E-state index contributed by atoms with van der Waals surface area (Å²) in [5, 5.41) is 10.5. The van der Waals surface area contributed by atoms with Gasteiger partial charge in [0.1, 0.15) is 17.1 Å². The molecule has 1 aliphatic rings. The van der Waals surface area contributed by atoms with Crippen LogP contribution in [0.1, 0.15) is 33.9 Å². The third-order valence-corrected chi connectivity index (χ3v) is 5.41. The van der Waals surface area contributed by atoms with Gasteiger partial charge in [0.2, 0.25) is 5.91 Å². The van der Waals surface area contributed by atoms with E-state index in [0.29, 0.717) is 30.0 Å². The van der Waals surface area contributed by atoms with Crippen molar-refractivity contribution in [2.24, 2.45) is 5.73 Å². The van der Waals surface area contributed by atoms with Crippen molar-refractivity contribution in [2.45, 2.75) is 18.6 Å². The number of benzene rings is 2. The second-order valence-electron chi connectivity index (χ2n) is 7.47. The monoisotopic (exact) mass is 455 g/mol. The standard InChI is InChI=1S/C23H20F3N5O2/c1-2-18(32)29-16-6-4-3-5-15(16)17-11-12-28-22-19(21(27)33)20(30-31(17)22)13-7-9-14(10-8-13)23(24,25)26/h2-10,17,28H,1,11-12H2,(H2,27,33)(H,29,32). The predicted molar refractivity (Wildman–Crippen MR) is 118 cm³/mol. The molecule has 0 fully saturated rings. The lowest BCUT2D eigenvalue weighted by molar-refractivity contribution is -0.137. The first-order valence-corrected chi connectivity index (χ1v) is 10.1. The van der Waals surface area contributed by atoms with Crippen LogP contribution in [0.4, 0.5) is 24.7 Å². The summed E-state index contributed by atoms with van der Waals surface area (Å²) in [5.74, 6) is -0.758. The molecule has 0 aliphatic carbocycles. The van der Waals surface area contributed by atoms with Gasteiger partial charge in [0.05, 0.1) is 11.6 Å². The number of carbonyl (C=O) groups is 2. The Morgan fingerprint density at radius 3 is 2.52 bits per heavy atom. The Labute approximate surface area is 187 Å². The van der Waals surface area contributed by atoms with Crippen molar-refractivity contribution in [3.63, 3.8) is 0 Å². The van der Waals surface area contributed by atoms with Gasteiger partial charge >= 0.3 is 6.18 Å². The Bertz CT molecular complexity index is 1230. The molecular weight excluding hydrogens is 435 g/mol. The molecule has 7 nitrogen and oxygen atoms in total. The molecule has 1 aromatic heterocycles. The maximum Gasteiger partial charge on any atom is 0.416 e. The van der Waals surface area contributed by atoms with Gasteiger partial charge in [-0.25, -0.2) is 4.68 Å². The summed E-state index contributed by atoms with van der Waals surface area (Å²) in [5.41, 5.74) is 6.75. The topological polar surface area (TPSA) is 102 Å². The van der Waals surface area contributed by atoms with Crippen molar-refractivity contribution in [2.75, 3.05) is 17.2 Å². The molecule has 10 heteroatoms. The number of carbonyl (C=O) groups excluding carboxylic acids is 2. The zero-order valence-electron chi connectivity index (χ0n) is 17.3. The number of alkyl halides is 3. The zero-order valence-corrected chi connectivity index (χ0v) is 17.3. The zero-order chi connectivity index (χ0) is 23.8. The second kappa shape index (κ2) is 8.45. The van der Waals surface area contributed by atoms with Crippen molar-refractivity contribution in [1.82, 2.24) is 9.78 Å². The molecule has 2 aromatic carbocycles. The van der Waals surface area contributed by atoms with Crippen LogP contribution in [0.15, 0.2) is 61.2 Å². The van der Waals surface area contributed by atoms with Crippen LogP contribution in [-0.4, -0.2) is 28.1 Å². The van der Waals surface area contributed by atoms with E-state index >= 15 is 0 Å². The Morgan fingerprint density at radius 2 is 1.88 bits per heavy atom. The lowest BCUT2D eigenvalue weighted by Crippen LogP contribution is -2.27. The Hall–Kier alpha value is -4.08. The molecule has 0 spiro atoms. The van der Waals surface area contributed by atoms with Crippen LogP contribution >= 0.6 is 0 Å². The highest BCUT2D eigenvalue weighted by atomic mass is 19.4. The first kappa shape index (κ1) is 22.1. The second-order valence-corrected chi connectivity index (χ2v) is 7.47.